The van der Waals surface area contributed by atoms with Crippen LogP contribution in [-0.4, -0.2) is 46.6 Å². The maximum absolute atomic E-state index is 13.1. The predicted molar refractivity (Wildman–Crippen MR) is 98.7 cm³/mol. The molecule has 1 aromatic heterocycles. The van der Waals surface area contributed by atoms with Gasteiger partial charge in [0, 0.05) is 31.9 Å². The van der Waals surface area contributed by atoms with Crippen LogP contribution in [0.1, 0.15) is 24.1 Å². The molecule has 1 spiro atoms. The fraction of sp³-hybridized carbons (Fsp3) is 0.421. The number of amides is 2. The van der Waals surface area contributed by atoms with Crippen molar-refractivity contribution in [3.05, 3.63) is 41.6 Å². The first-order chi connectivity index (χ1) is 12.4. The Morgan fingerprint density at radius 2 is 2.12 bits per heavy atom. The number of nitrogens with zero attached hydrogens (tertiary/aromatic N) is 4. The number of aryl methyl sites for hydroxylation is 1. The molecule has 4 rings (SSSR count). The minimum absolute atomic E-state index is 0.0568. The van der Waals surface area contributed by atoms with E-state index in [-0.39, 0.29) is 18.4 Å². The average Bonchev–Trinajstić information content (AvgIpc) is 3.05. The molecule has 0 saturated carbocycles. The second-order valence-electron chi connectivity index (χ2n) is 7.25. The Morgan fingerprint density at radius 1 is 1.35 bits per heavy atom. The fourth-order valence-corrected chi connectivity index (χ4v) is 4.30. The number of hydrogen-bond acceptors (Lipinski definition) is 4. The molecule has 3 heterocycles. The van der Waals surface area contributed by atoms with Gasteiger partial charge in [-0.25, -0.2) is 4.68 Å². The van der Waals surface area contributed by atoms with Gasteiger partial charge in [0.2, 0.25) is 11.8 Å². The van der Waals surface area contributed by atoms with Crippen molar-refractivity contribution in [3.8, 4) is 0 Å². The highest BCUT2D eigenvalue weighted by Gasteiger charge is 2.52. The van der Waals surface area contributed by atoms with Gasteiger partial charge in [0.1, 0.15) is 12.4 Å². The van der Waals surface area contributed by atoms with Crippen molar-refractivity contribution in [1.29, 1.82) is 0 Å². The van der Waals surface area contributed by atoms with E-state index in [2.05, 4.69) is 5.10 Å². The van der Waals surface area contributed by atoms with Gasteiger partial charge < -0.3 is 15.5 Å². The smallest absolute Gasteiger partial charge is 0.244 e. The molecule has 0 radical (unpaired) electrons. The van der Waals surface area contributed by atoms with Crippen LogP contribution < -0.4 is 10.6 Å². The van der Waals surface area contributed by atoms with E-state index < -0.39 is 5.41 Å². The summed E-state index contributed by atoms with van der Waals surface area (Å²) in [6, 6.07) is 9.63. The number of carbonyl (C=O) groups is 2. The van der Waals surface area contributed by atoms with Crippen LogP contribution in [0.2, 0.25) is 0 Å². The standard InChI is InChI=1S/C19H23N5O2/c1-13-10-16(20)24(21-13)11-17(25)23-9-5-8-19(12-23)14-6-3-4-7-15(14)22(2)18(19)26/h3-4,6-7,10H,5,8-9,11-12,20H2,1-2H3/t19-/m1/s1. The van der Waals surface area contributed by atoms with Crippen LogP contribution in [0.15, 0.2) is 30.3 Å². The van der Waals surface area contributed by atoms with Crippen LogP contribution in [0.5, 0.6) is 0 Å². The van der Waals surface area contributed by atoms with Crippen LogP contribution in [-0.2, 0) is 21.5 Å². The van der Waals surface area contributed by atoms with E-state index in [9.17, 15) is 9.59 Å². The number of rotatable bonds is 2. The molecule has 7 heteroatoms. The van der Waals surface area contributed by atoms with Crippen LogP contribution in [0.3, 0.4) is 0 Å². The highest BCUT2D eigenvalue weighted by molar-refractivity contribution is 6.08. The monoisotopic (exact) mass is 353 g/mol. The number of likely N-dealkylation sites (tertiary alicyclic amines) is 1. The fourth-order valence-electron chi connectivity index (χ4n) is 4.30. The number of likely N-dealkylation sites (N-methyl/N-ethyl adjacent to an activating group) is 1. The number of piperidine rings is 1. The van der Waals surface area contributed by atoms with E-state index in [1.165, 1.54) is 4.68 Å². The Bertz CT molecular complexity index is 890. The lowest BCUT2D eigenvalue weighted by molar-refractivity contribution is -0.136. The molecule has 26 heavy (non-hydrogen) atoms. The molecule has 1 atom stereocenters. The van der Waals surface area contributed by atoms with Gasteiger partial charge in [-0.1, -0.05) is 18.2 Å². The highest BCUT2D eigenvalue weighted by Crippen LogP contribution is 2.46. The molecule has 2 aliphatic rings. The number of para-hydroxylation sites is 1. The number of carbonyl (C=O) groups excluding carboxylic acids is 2. The number of fused-ring (bicyclic) bond motifs is 2. The SMILES string of the molecule is Cc1cc(N)n(CC(=O)N2CCC[C@]3(C2)C(=O)N(C)c2ccccc23)n1. The minimum atomic E-state index is -0.634. The van der Waals surface area contributed by atoms with Crippen LogP contribution in [0.25, 0.3) is 0 Å². The van der Waals surface area contributed by atoms with Crippen molar-refractivity contribution in [3.63, 3.8) is 0 Å². The molecule has 0 bridgehead atoms. The number of hydrogen-bond donors (Lipinski definition) is 1. The number of anilines is 2. The summed E-state index contributed by atoms with van der Waals surface area (Å²) in [5.74, 6) is 0.494. The first-order valence-corrected chi connectivity index (χ1v) is 8.88. The molecule has 0 unspecified atom stereocenters. The van der Waals surface area contributed by atoms with Gasteiger partial charge in [-0.15, -0.1) is 0 Å². The summed E-state index contributed by atoms with van der Waals surface area (Å²) in [5.41, 5.74) is 8.03. The van der Waals surface area contributed by atoms with Gasteiger partial charge in [0.25, 0.3) is 0 Å². The van der Waals surface area contributed by atoms with Gasteiger partial charge in [-0.3, -0.25) is 9.59 Å². The summed E-state index contributed by atoms with van der Waals surface area (Å²) >= 11 is 0. The average molecular weight is 353 g/mol. The summed E-state index contributed by atoms with van der Waals surface area (Å²) in [6.45, 7) is 3.00. The van der Waals surface area contributed by atoms with E-state index in [0.29, 0.717) is 18.9 Å². The molecule has 2 amide bonds. The first kappa shape index (κ1) is 16.6. The van der Waals surface area contributed by atoms with Crippen molar-refractivity contribution in [2.24, 2.45) is 0 Å². The summed E-state index contributed by atoms with van der Waals surface area (Å²) < 4.78 is 1.52. The van der Waals surface area contributed by atoms with Crippen LogP contribution in [0.4, 0.5) is 11.5 Å². The van der Waals surface area contributed by atoms with Gasteiger partial charge in [0.15, 0.2) is 0 Å². The molecule has 2 N–H and O–H groups in total. The lowest BCUT2D eigenvalue weighted by Crippen LogP contribution is -2.53. The molecule has 1 fully saturated rings. The molecule has 2 aliphatic heterocycles. The minimum Gasteiger partial charge on any atom is -0.384 e. The molecule has 2 aromatic rings. The molecule has 0 aliphatic carbocycles. The Morgan fingerprint density at radius 3 is 2.85 bits per heavy atom. The summed E-state index contributed by atoms with van der Waals surface area (Å²) in [6.07, 6.45) is 1.56. The third-order valence-corrected chi connectivity index (χ3v) is 5.56. The summed E-state index contributed by atoms with van der Waals surface area (Å²) in [5, 5.41) is 4.27. The topological polar surface area (TPSA) is 84.5 Å². The van der Waals surface area contributed by atoms with E-state index in [4.69, 9.17) is 5.73 Å². The third kappa shape index (κ3) is 2.38. The normalized spacial score (nSPS) is 22.2. The predicted octanol–water partition coefficient (Wildman–Crippen LogP) is 1.31. The maximum Gasteiger partial charge on any atom is 0.244 e. The third-order valence-electron chi connectivity index (χ3n) is 5.56. The van der Waals surface area contributed by atoms with Crippen LogP contribution in [0, 0.1) is 6.92 Å². The molecular formula is C19H23N5O2. The molecule has 136 valence electrons. The van der Waals surface area contributed by atoms with Gasteiger partial charge in [-0.2, -0.15) is 5.10 Å². The van der Waals surface area contributed by atoms with Crippen molar-refractivity contribution in [2.45, 2.75) is 31.7 Å². The Balaban J connectivity index is 1.61. The summed E-state index contributed by atoms with van der Waals surface area (Å²) in [7, 11) is 1.81. The van der Waals surface area contributed by atoms with E-state index in [0.717, 1.165) is 29.8 Å². The van der Waals surface area contributed by atoms with Gasteiger partial charge in [-0.05, 0) is 31.4 Å². The first-order valence-electron chi connectivity index (χ1n) is 8.88. The zero-order valence-electron chi connectivity index (χ0n) is 15.1. The number of nitrogens with two attached hydrogens (primary N) is 1. The highest BCUT2D eigenvalue weighted by atomic mass is 16.2. The number of benzene rings is 1. The quantitative estimate of drug-likeness (QED) is 0.882. The van der Waals surface area contributed by atoms with Crippen LogP contribution >= 0.6 is 0 Å². The van der Waals surface area contributed by atoms with E-state index in [1.807, 2.05) is 38.2 Å². The largest absolute Gasteiger partial charge is 0.384 e. The van der Waals surface area contributed by atoms with Crippen molar-refractivity contribution < 1.29 is 9.59 Å². The molecule has 1 saturated heterocycles. The second kappa shape index (κ2) is 5.86. The van der Waals surface area contributed by atoms with Crippen molar-refractivity contribution in [1.82, 2.24) is 14.7 Å². The van der Waals surface area contributed by atoms with Gasteiger partial charge >= 0.3 is 0 Å². The molecule has 7 nitrogen and oxygen atoms in total. The maximum atomic E-state index is 13.1. The Hall–Kier alpha value is -2.83. The van der Waals surface area contributed by atoms with Crippen molar-refractivity contribution >= 4 is 23.3 Å². The lowest BCUT2D eigenvalue weighted by atomic mass is 9.75. The molecule has 1 aromatic carbocycles. The van der Waals surface area contributed by atoms with Gasteiger partial charge in [0.05, 0.1) is 11.1 Å². The Kier molecular flexibility index (Phi) is 3.75. The number of nitrogen functional groups attached to an aromatic ring is 1. The van der Waals surface area contributed by atoms with E-state index >= 15 is 0 Å². The zero-order valence-corrected chi connectivity index (χ0v) is 15.1. The molecular weight excluding hydrogens is 330 g/mol. The number of aromatic nitrogens is 2. The van der Waals surface area contributed by atoms with Crippen molar-refractivity contribution in [2.75, 3.05) is 30.8 Å². The second-order valence-corrected chi connectivity index (χ2v) is 7.25. The van der Waals surface area contributed by atoms with E-state index in [1.54, 1.807) is 15.9 Å². The lowest BCUT2D eigenvalue weighted by Gasteiger charge is -2.39. The Labute approximate surface area is 152 Å². The summed E-state index contributed by atoms with van der Waals surface area (Å²) in [4.78, 5) is 29.4. The zero-order chi connectivity index (χ0) is 18.5.